The van der Waals surface area contributed by atoms with E-state index >= 15 is 0 Å². The van der Waals surface area contributed by atoms with Crippen molar-refractivity contribution in [1.29, 1.82) is 0 Å². The molecule has 1 aliphatic heterocycles. The summed E-state index contributed by atoms with van der Waals surface area (Å²) in [7, 11) is -2.11. The average Bonchev–Trinajstić information content (AvgIpc) is 3.28. The Morgan fingerprint density at radius 2 is 1.91 bits per heavy atom. The van der Waals surface area contributed by atoms with E-state index in [1.54, 1.807) is 62.3 Å². The molecule has 0 bridgehead atoms. The second-order valence-corrected chi connectivity index (χ2v) is 10.0. The number of ether oxygens (including phenoxy) is 2. The van der Waals surface area contributed by atoms with Gasteiger partial charge >= 0.3 is 16.1 Å². The molecule has 174 valence electrons. The van der Waals surface area contributed by atoms with E-state index in [0.29, 0.717) is 31.1 Å². The minimum Gasteiger partial charge on any atom is -0.495 e. The summed E-state index contributed by atoms with van der Waals surface area (Å²) in [6, 6.07) is 13.6. The molecule has 2 aromatic carbocycles. The molecule has 1 heterocycles. The van der Waals surface area contributed by atoms with Gasteiger partial charge in [0.05, 0.1) is 24.2 Å². The summed E-state index contributed by atoms with van der Waals surface area (Å²) < 4.78 is 40.1. The van der Waals surface area contributed by atoms with Crippen molar-refractivity contribution in [2.45, 2.75) is 44.6 Å². The highest BCUT2D eigenvalue weighted by molar-refractivity contribution is 7.87. The third kappa shape index (κ3) is 6.37. The lowest BCUT2D eigenvalue weighted by molar-refractivity contribution is 0.0819. The Balaban J connectivity index is 1.73. The van der Waals surface area contributed by atoms with E-state index in [0.717, 1.165) is 18.4 Å². The summed E-state index contributed by atoms with van der Waals surface area (Å²) in [6.07, 6.45) is 1.86. The van der Waals surface area contributed by atoms with Crippen molar-refractivity contribution < 1.29 is 26.9 Å². The summed E-state index contributed by atoms with van der Waals surface area (Å²) in [4.78, 5) is 14.8. The van der Waals surface area contributed by atoms with Crippen molar-refractivity contribution in [3.05, 3.63) is 54.1 Å². The Bertz CT molecular complexity index is 1000. The zero-order valence-corrected chi connectivity index (χ0v) is 19.4. The highest BCUT2D eigenvalue weighted by Gasteiger charge is 2.24. The predicted molar refractivity (Wildman–Crippen MR) is 123 cm³/mol. The topological polar surface area (TPSA) is 94.2 Å². The Labute approximate surface area is 189 Å². The summed E-state index contributed by atoms with van der Waals surface area (Å²) >= 11 is 0. The van der Waals surface area contributed by atoms with E-state index in [2.05, 4.69) is 5.32 Å². The smallest absolute Gasteiger partial charge is 0.322 e. The first-order valence-electron chi connectivity index (χ1n) is 10.6. The monoisotopic (exact) mass is 462 g/mol. The molecule has 3 rings (SSSR count). The number of hydrogen-bond donors (Lipinski definition) is 1. The van der Waals surface area contributed by atoms with Crippen LogP contribution in [0.5, 0.6) is 11.5 Å². The molecule has 0 radical (unpaired) electrons. The second kappa shape index (κ2) is 10.7. The van der Waals surface area contributed by atoms with Crippen LogP contribution in [0.25, 0.3) is 0 Å². The number of benzene rings is 2. The van der Waals surface area contributed by atoms with E-state index in [1.165, 1.54) is 0 Å². The number of methoxy groups -OCH3 is 1. The number of urea groups is 1. The Morgan fingerprint density at radius 3 is 2.53 bits per heavy atom. The first kappa shape index (κ1) is 23.9. The SMILES string of the molecule is COc1ccccc1NC(=O)N(Cc1ccc(OS(=O)(=O)C(C)C)cc1)CC1CCCO1. The molecule has 2 aromatic rings. The molecule has 1 aliphatic rings. The Hall–Kier alpha value is -2.78. The van der Waals surface area contributed by atoms with E-state index in [4.69, 9.17) is 13.7 Å². The average molecular weight is 463 g/mol. The van der Waals surface area contributed by atoms with Crippen LogP contribution in [0, 0.1) is 0 Å². The van der Waals surface area contributed by atoms with Crippen molar-refractivity contribution in [3.8, 4) is 11.5 Å². The molecule has 0 saturated carbocycles. The quantitative estimate of drug-likeness (QED) is 0.566. The lowest BCUT2D eigenvalue weighted by atomic mass is 10.2. The number of anilines is 1. The third-order valence-corrected chi connectivity index (χ3v) is 6.75. The molecule has 8 nitrogen and oxygen atoms in total. The van der Waals surface area contributed by atoms with Crippen molar-refractivity contribution in [3.63, 3.8) is 0 Å². The Morgan fingerprint density at radius 1 is 1.19 bits per heavy atom. The minimum atomic E-state index is -3.66. The number of nitrogens with one attached hydrogen (secondary N) is 1. The minimum absolute atomic E-state index is 0.0165. The summed E-state index contributed by atoms with van der Waals surface area (Å²) in [6.45, 7) is 4.60. The summed E-state index contributed by atoms with van der Waals surface area (Å²) in [5.41, 5.74) is 1.42. The molecule has 1 atom stereocenters. The summed E-state index contributed by atoms with van der Waals surface area (Å²) in [5, 5.41) is 2.28. The largest absolute Gasteiger partial charge is 0.495 e. The number of amides is 2. The maximum Gasteiger partial charge on any atom is 0.322 e. The molecular formula is C23H30N2O6S. The van der Waals surface area contributed by atoms with Gasteiger partial charge in [0.1, 0.15) is 11.5 Å². The second-order valence-electron chi connectivity index (χ2n) is 7.91. The van der Waals surface area contributed by atoms with Crippen LogP contribution < -0.4 is 14.2 Å². The molecule has 0 aromatic heterocycles. The van der Waals surface area contributed by atoms with E-state index in [1.807, 2.05) is 12.1 Å². The molecular weight excluding hydrogens is 432 g/mol. The third-order valence-electron chi connectivity index (χ3n) is 5.17. The zero-order valence-electron chi connectivity index (χ0n) is 18.6. The molecule has 1 fully saturated rings. The van der Waals surface area contributed by atoms with Gasteiger partial charge in [-0.2, -0.15) is 8.42 Å². The fourth-order valence-corrected chi connectivity index (χ4v) is 3.87. The van der Waals surface area contributed by atoms with Gasteiger partial charge in [-0.15, -0.1) is 0 Å². The maximum atomic E-state index is 13.1. The number of carbonyl (C=O) groups is 1. The van der Waals surface area contributed by atoms with Crippen molar-refractivity contribution >= 4 is 21.8 Å². The molecule has 2 amide bonds. The molecule has 1 N–H and O–H groups in total. The van der Waals surface area contributed by atoms with Crippen LogP contribution in [-0.2, 0) is 21.4 Å². The van der Waals surface area contributed by atoms with Crippen LogP contribution in [0.15, 0.2) is 48.5 Å². The van der Waals surface area contributed by atoms with Gasteiger partial charge in [-0.05, 0) is 56.5 Å². The predicted octanol–water partition coefficient (Wildman–Crippen LogP) is 4.03. The van der Waals surface area contributed by atoms with Gasteiger partial charge in [0.15, 0.2) is 0 Å². The van der Waals surface area contributed by atoms with Crippen molar-refractivity contribution in [1.82, 2.24) is 4.90 Å². The molecule has 32 heavy (non-hydrogen) atoms. The van der Waals surface area contributed by atoms with Gasteiger partial charge in [0.2, 0.25) is 0 Å². The van der Waals surface area contributed by atoms with Crippen LogP contribution >= 0.6 is 0 Å². The van der Waals surface area contributed by atoms with Gasteiger partial charge in [0.25, 0.3) is 0 Å². The molecule has 1 unspecified atom stereocenters. The van der Waals surface area contributed by atoms with Crippen LogP contribution in [-0.4, -0.2) is 51.0 Å². The summed E-state index contributed by atoms with van der Waals surface area (Å²) in [5.74, 6) is 0.817. The number of rotatable bonds is 9. The maximum absolute atomic E-state index is 13.1. The fourth-order valence-electron chi connectivity index (χ4n) is 3.30. The van der Waals surface area contributed by atoms with Gasteiger partial charge in [-0.1, -0.05) is 24.3 Å². The number of para-hydroxylation sites is 2. The zero-order chi connectivity index (χ0) is 23.1. The first-order valence-corrected chi connectivity index (χ1v) is 12.1. The van der Waals surface area contributed by atoms with Gasteiger partial charge in [-0.25, -0.2) is 4.79 Å². The molecule has 1 saturated heterocycles. The van der Waals surface area contributed by atoms with Crippen molar-refractivity contribution in [2.75, 3.05) is 25.6 Å². The number of hydrogen-bond acceptors (Lipinski definition) is 6. The Kier molecular flexibility index (Phi) is 7.98. The van der Waals surface area contributed by atoms with E-state index in [9.17, 15) is 13.2 Å². The van der Waals surface area contributed by atoms with Crippen LogP contribution in [0.2, 0.25) is 0 Å². The van der Waals surface area contributed by atoms with Gasteiger partial charge < -0.3 is 23.9 Å². The highest BCUT2D eigenvalue weighted by atomic mass is 32.2. The number of nitrogens with zero attached hydrogens (tertiary/aromatic N) is 1. The number of carbonyl (C=O) groups excluding carboxylic acids is 1. The fraction of sp³-hybridized carbons (Fsp3) is 0.435. The van der Waals surface area contributed by atoms with Crippen LogP contribution in [0.3, 0.4) is 0 Å². The van der Waals surface area contributed by atoms with Gasteiger partial charge in [-0.3, -0.25) is 0 Å². The lowest BCUT2D eigenvalue weighted by Gasteiger charge is -2.26. The van der Waals surface area contributed by atoms with Crippen molar-refractivity contribution in [2.24, 2.45) is 0 Å². The normalized spacial score (nSPS) is 16.1. The highest BCUT2D eigenvalue weighted by Crippen LogP contribution is 2.25. The lowest BCUT2D eigenvalue weighted by Crippen LogP contribution is -2.39. The van der Waals surface area contributed by atoms with E-state index < -0.39 is 15.4 Å². The first-order chi connectivity index (χ1) is 15.3. The molecule has 0 aliphatic carbocycles. The van der Waals surface area contributed by atoms with E-state index in [-0.39, 0.29) is 17.9 Å². The van der Waals surface area contributed by atoms with Crippen LogP contribution in [0.4, 0.5) is 10.5 Å². The standard InChI is InChI=1S/C23H30N2O6S/c1-17(2)32(27,28)31-19-12-10-18(11-13-19)15-25(16-20-7-6-14-30-20)23(26)24-21-8-4-5-9-22(21)29-3/h4-5,8-13,17,20H,6-7,14-16H2,1-3H3,(H,24,26). The van der Waals surface area contributed by atoms with Gasteiger partial charge in [0, 0.05) is 19.7 Å². The molecule has 9 heteroatoms. The molecule has 0 spiro atoms. The van der Waals surface area contributed by atoms with Crippen LogP contribution in [0.1, 0.15) is 32.3 Å².